The molecule has 1 aromatic carbocycles. The molecule has 3 aliphatic carbocycles. The molecule has 5 heteroatoms. The van der Waals surface area contributed by atoms with Crippen molar-refractivity contribution in [1.82, 2.24) is 9.55 Å². The minimum atomic E-state index is -0.910. The van der Waals surface area contributed by atoms with Crippen LogP contribution in [0.2, 0.25) is 0 Å². The van der Waals surface area contributed by atoms with Gasteiger partial charge in [0.1, 0.15) is 0 Å². The van der Waals surface area contributed by atoms with Gasteiger partial charge in [-0.25, -0.2) is 9.78 Å². The number of carbonyl (C=O) groups is 1. The van der Waals surface area contributed by atoms with Crippen LogP contribution in [-0.2, 0) is 6.54 Å². The van der Waals surface area contributed by atoms with E-state index < -0.39 is 5.97 Å². The van der Waals surface area contributed by atoms with Crippen molar-refractivity contribution in [2.75, 3.05) is 5.32 Å². The van der Waals surface area contributed by atoms with Gasteiger partial charge < -0.3 is 15.0 Å². The topological polar surface area (TPSA) is 67.2 Å². The number of carboxylic acids is 1. The normalized spacial score (nSPS) is 16.1. The molecule has 0 amide bonds. The number of carboxylic acid groups (broad SMARTS) is 1. The molecule has 150 valence electrons. The van der Waals surface area contributed by atoms with Crippen molar-refractivity contribution >= 4 is 23.0 Å². The van der Waals surface area contributed by atoms with Crippen LogP contribution < -0.4 is 5.32 Å². The van der Waals surface area contributed by atoms with Gasteiger partial charge in [-0.1, -0.05) is 25.7 Å². The second kappa shape index (κ2) is 6.90. The van der Waals surface area contributed by atoms with E-state index in [1.165, 1.54) is 53.5 Å². The summed E-state index contributed by atoms with van der Waals surface area (Å²) in [6.07, 6.45) is 7.37. The Hall–Kier alpha value is -2.82. The van der Waals surface area contributed by atoms with E-state index in [2.05, 4.69) is 29.8 Å². The maximum absolute atomic E-state index is 11.4. The minimum Gasteiger partial charge on any atom is -0.478 e. The van der Waals surface area contributed by atoms with E-state index in [4.69, 9.17) is 4.98 Å². The third kappa shape index (κ3) is 3.09. The number of aromatic nitrogens is 2. The lowest BCUT2D eigenvalue weighted by atomic mass is 10.1. The summed E-state index contributed by atoms with van der Waals surface area (Å²) in [6.45, 7) is 5.13. The summed E-state index contributed by atoms with van der Waals surface area (Å²) in [5.74, 6) is -0.0472. The van der Waals surface area contributed by atoms with E-state index in [0.717, 1.165) is 36.4 Å². The molecule has 5 rings (SSSR count). The molecular weight excluding hydrogens is 362 g/mol. The average molecular weight is 389 g/mol. The molecule has 0 atom stereocenters. The molecule has 0 bridgehead atoms. The molecule has 0 spiro atoms. The van der Waals surface area contributed by atoms with Crippen molar-refractivity contribution in [3.8, 4) is 11.1 Å². The van der Waals surface area contributed by atoms with E-state index in [0.29, 0.717) is 6.04 Å². The number of benzene rings is 2. The molecule has 1 saturated carbocycles. The van der Waals surface area contributed by atoms with Gasteiger partial charge in [-0.15, -0.1) is 0 Å². The Morgan fingerprint density at radius 1 is 1.10 bits per heavy atom. The summed E-state index contributed by atoms with van der Waals surface area (Å²) in [4.78, 5) is 16.3. The van der Waals surface area contributed by atoms with Gasteiger partial charge in [-0.3, -0.25) is 0 Å². The maximum atomic E-state index is 11.4. The van der Waals surface area contributed by atoms with Gasteiger partial charge in [0.15, 0.2) is 0 Å². The highest BCUT2D eigenvalue weighted by Crippen LogP contribution is 2.45. The Kier molecular flexibility index (Phi) is 4.34. The lowest BCUT2D eigenvalue weighted by Crippen LogP contribution is -2.13. The summed E-state index contributed by atoms with van der Waals surface area (Å²) in [5, 5.41) is 13.0. The molecule has 0 unspecified atom stereocenters. The molecule has 2 aromatic rings. The number of anilines is 1. The molecule has 1 aromatic heterocycles. The molecule has 0 radical (unpaired) electrons. The first kappa shape index (κ1) is 18.2. The van der Waals surface area contributed by atoms with Crippen molar-refractivity contribution in [3.05, 3.63) is 46.5 Å². The predicted octanol–water partition coefficient (Wildman–Crippen LogP) is 5.84. The van der Waals surface area contributed by atoms with Crippen LogP contribution in [0.4, 0.5) is 5.95 Å². The standard InChI is InChI=1S/C24H27N3O2/c1-14-15(2)20(19-12-18(14)19)13-25-24-26-21-11-16(23(28)29)9-10-22(21)27(24)17-7-5-3-4-6-8-17/h9-12,17H,3-8,13H2,1-2H3,(H,25,26)(H,28,29). The fourth-order valence-electron chi connectivity index (χ4n) is 4.94. The van der Waals surface area contributed by atoms with Crippen LogP contribution in [0.15, 0.2) is 24.3 Å². The van der Waals surface area contributed by atoms with Gasteiger partial charge in [0.25, 0.3) is 0 Å². The van der Waals surface area contributed by atoms with E-state index in [1.807, 2.05) is 6.07 Å². The van der Waals surface area contributed by atoms with Crippen molar-refractivity contribution in [2.45, 2.75) is 65.0 Å². The van der Waals surface area contributed by atoms with Gasteiger partial charge in [-0.2, -0.15) is 0 Å². The highest BCUT2D eigenvalue weighted by molar-refractivity contribution is 5.93. The van der Waals surface area contributed by atoms with Crippen LogP contribution in [0.25, 0.3) is 22.2 Å². The van der Waals surface area contributed by atoms with Crippen molar-refractivity contribution in [1.29, 1.82) is 0 Å². The van der Waals surface area contributed by atoms with E-state index in [9.17, 15) is 9.90 Å². The lowest BCUT2D eigenvalue weighted by Gasteiger charge is -2.20. The number of hydrogen-bond donors (Lipinski definition) is 2. The zero-order chi connectivity index (χ0) is 20.1. The first-order valence-electron chi connectivity index (χ1n) is 10.7. The van der Waals surface area contributed by atoms with Crippen molar-refractivity contribution < 1.29 is 9.90 Å². The van der Waals surface area contributed by atoms with Crippen LogP contribution in [0.5, 0.6) is 0 Å². The molecule has 2 N–H and O–H groups in total. The van der Waals surface area contributed by atoms with Gasteiger partial charge in [0, 0.05) is 12.6 Å². The van der Waals surface area contributed by atoms with Crippen LogP contribution in [0, 0.1) is 13.8 Å². The maximum Gasteiger partial charge on any atom is 0.335 e. The third-order valence-electron chi connectivity index (χ3n) is 6.79. The number of imidazole rings is 1. The number of nitrogens with one attached hydrogen (secondary N) is 1. The summed E-state index contributed by atoms with van der Waals surface area (Å²) < 4.78 is 2.33. The van der Waals surface area contributed by atoms with Crippen LogP contribution >= 0.6 is 0 Å². The van der Waals surface area contributed by atoms with Crippen LogP contribution in [-0.4, -0.2) is 20.6 Å². The van der Waals surface area contributed by atoms with Gasteiger partial charge in [0.2, 0.25) is 5.95 Å². The molecule has 29 heavy (non-hydrogen) atoms. The summed E-state index contributed by atoms with van der Waals surface area (Å²) >= 11 is 0. The van der Waals surface area contributed by atoms with E-state index >= 15 is 0 Å². The van der Waals surface area contributed by atoms with Crippen molar-refractivity contribution in [2.24, 2.45) is 0 Å². The molecule has 0 saturated heterocycles. The smallest absolute Gasteiger partial charge is 0.335 e. The monoisotopic (exact) mass is 389 g/mol. The number of fused-ring (bicyclic) bond motifs is 2. The van der Waals surface area contributed by atoms with Gasteiger partial charge >= 0.3 is 5.97 Å². The van der Waals surface area contributed by atoms with E-state index in [1.54, 1.807) is 12.1 Å². The van der Waals surface area contributed by atoms with E-state index in [-0.39, 0.29) is 5.56 Å². The molecule has 1 fully saturated rings. The first-order valence-corrected chi connectivity index (χ1v) is 10.7. The summed E-state index contributed by atoms with van der Waals surface area (Å²) in [5.41, 5.74) is 8.99. The first-order chi connectivity index (χ1) is 14.0. The Balaban J connectivity index is 1.53. The number of aromatic carboxylic acids is 1. The van der Waals surface area contributed by atoms with Gasteiger partial charge in [-0.05, 0) is 78.8 Å². The molecular formula is C24H27N3O2. The van der Waals surface area contributed by atoms with Gasteiger partial charge in [0.05, 0.1) is 16.6 Å². The average Bonchev–Trinajstić information content (AvgIpc) is 3.42. The second-order valence-electron chi connectivity index (χ2n) is 8.51. The zero-order valence-corrected chi connectivity index (χ0v) is 17.1. The largest absolute Gasteiger partial charge is 0.478 e. The number of nitrogens with zero attached hydrogens (tertiary/aromatic N) is 2. The molecule has 0 aliphatic heterocycles. The Bertz CT molecular complexity index is 1120. The molecule has 1 heterocycles. The lowest BCUT2D eigenvalue weighted by molar-refractivity contribution is 0.0697. The van der Waals surface area contributed by atoms with Crippen LogP contribution in [0.3, 0.4) is 0 Å². The number of hydrogen-bond acceptors (Lipinski definition) is 3. The fourth-order valence-corrected chi connectivity index (χ4v) is 4.94. The molecule has 3 aliphatic rings. The second-order valence-corrected chi connectivity index (χ2v) is 8.51. The molecule has 5 nitrogen and oxygen atoms in total. The third-order valence-corrected chi connectivity index (χ3v) is 6.79. The minimum absolute atomic E-state index is 0.288. The predicted molar refractivity (Wildman–Crippen MR) is 116 cm³/mol. The van der Waals surface area contributed by atoms with Crippen LogP contribution in [0.1, 0.15) is 71.6 Å². The van der Waals surface area contributed by atoms with Crippen molar-refractivity contribution in [3.63, 3.8) is 0 Å². The highest BCUT2D eigenvalue weighted by Gasteiger charge is 2.26. The quantitative estimate of drug-likeness (QED) is 0.421. The summed E-state index contributed by atoms with van der Waals surface area (Å²) in [6, 6.07) is 7.99. The Morgan fingerprint density at radius 3 is 2.52 bits per heavy atom. The Morgan fingerprint density at radius 2 is 1.86 bits per heavy atom. The zero-order valence-electron chi connectivity index (χ0n) is 17.1. The fraction of sp³-hybridized carbons (Fsp3) is 0.417. The Labute approximate surface area is 170 Å². The highest BCUT2D eigenvalue weighted by atomic mass is 16.4. The number of rotatable bonds is 5. The SMILES string of the molecule is Cc1c2cc-2c(CNc2nc3cc(C(=O)O)ccc3n2C2CCCCCC2)c1C. The summed E-state index contributed by atoms with van der Waals surface area (Å²) in [7, 11) is 0.